The second-order valence-corrected chi connectivity index (χ2v) is 7.81. The first kappa shape index (κ1) is 19.9. The summed E-state index contributed by atoms with van der Waals surface area (Å²) < 4.78 is 17.3. The number of halogens is 2. The molecule has 1 aliphatic rings. The fourth-order valence-corrected chi connectivity index (χ4v) is 4.04. The Morgan fingerprint density at radius 2 is 1.83 bits per heavy atom. The summed E-state index contributed by atoms with van der Waals surface area (Å²) in [6, 6.07) is 3.62. The standard InChI is InChI=1S/C21H20Cl2N2O4/c1-11-17(25-18-14(22)9-24-10-15(18)23)13-7-8-16(27-2)20(19(13)29-21(11)26)28-12-5-3-4-6-12/h7-10,12H,3-6H2,1-2H3,(H,24,25). The molecule has 0 bridgehead atoms. The average molecular weight is 435 g/mol. The summed E-state index contributed by atoms with van der Waals surface area (Å²) in [6.07, 6.45) is 7.19. The van der Waals surface area contributed by atoms with Gasteiger partial charge in [-0.25, -0.2) is 4.79 Å². The zero-order valence-corrected chi connectivity index (χ0v) is 17.6. The van der Waals surface area contributed by atoms with Gasteiger partial charge in [0.1, 0.15) is 0 Å². The number of hydrogen-bond donors (Lipinski definition) is 1. The van der Waals surface area contributed by atoms with Crippen molar-refractivity contribution < 1.29 is 13.9 Å². The summed E-state index contributed by atoms with van der Waals surface area (Å²) in [5.74, 6) is 0.950. The van der Waals surface area contributed by atoms with Crippen LogP contribution >= 0.6 is 23.2 Å². The first-order valence-electron chi connectivity index (χ1n) is 9.36. The SMILES string of the molecule is COc1ccc2c(Nc3c(Cl)cncc3Cl)c(C)c(=O)oc2c1OC1CCCC1. The molecule has 0 atom stereocenters. The Bertz CT molecular complexity index is 1100. The van der Waals surface area contributed by atoms with E-state index in [-0.39, 0.29) is 6.10 Å². The van der Waals surface area contributed by atoms with Gasteiger partial charge in [-0.3, -0.25) is 4.98 Å². The van der Waals surface area contributed by atoms with E-state index in [2.05, 4.69) is 10.3 Å². The third-order valence-electron chi connectivity index (χ3n) is 5.13. The van der Waals surface area contributed by atoms with Gasteiger partial charge in [-0.05, 0) is 44.7 Å². The lowest BCUT2D eigenvalue weighted by Crippen LogP contribution is -2.13. The average Bonchev–Trinajstić information content (AvgIpc) is 3.21. The molecular weight excluding hydrogens is 415 g/mol. The number of hydrogen-bond acceptors (Lipinski definition) is 6. The molecule has 1 aliphatic carbocycles. The molecule has 1 aromatic carbocycles. The zero-order chi connectivity index (χ0) is 20.5. The number of benzene rings is 1. The lowest BCUT2D eigenvalue weighted by Gasteiger charge is -2.19. The minimum Gasteiger partial charge on any atom is -0.493 e. The molecule has 1 saturated carbocycles. The number of methoxy groups -OCH3 is 1. The van der Waals surface area contributed by atoms with Crippen LogP contribution in [0.5, 0.6) is 11.5 Å². The Hall–Kier alpha value is -2.44. The molecule has 29 heavy (non-hydrogen) atoms. The van der Waals surface area contributed by atoms with E-state index in [1.54, 1.807) is 20.1 Å². The number of rotatable bonds is 5. The Morgan fingerprint density at radius 1 is 1.14 bits per heavy atom. The topological polar surface area (TPSA) is 73.6 Å². The third kappa shape index (κ3) is 3.74. The maximum Gasteiger partial charge on any atom is 0.341 e. The van der Waals surface area contributed by atoms with Gasteiger partial charge < -0.3 is 19.2 Å². The second kappa shape index (κ2) is 8.13. The van der Waals surface area contributed by atoms with Crippen molar-refractivity contribution in [1.29, 1.82) is 0 Å². The lowest BCUT2D eigenvalue weighted by molar-refractivity contribution is 0.200. The second-order valence-electron chi connectivity index (χ2n) is 6.99. The van der Waals surface area contributed by atoms with Gasteiger partial charge in [-0.1, -0.05) is 23.2 Å². The van der Waals surface area contributed by atoms with Crippen LogP contribution in [-0.4, -0.2) is 18.2 Å². The van der Waals surface area contributed by atoms with E-state index in [1.165, 1.54) is 12.4 Å². The molecule has 6 nitrogen and oxygen atoms in total. The highest BCUT2D eigenvalue weighted by atomic mass is 35.5. The predicted octanol–water partition coefficient (Wildman–Crippen LogP) is 5.88. The van der Waals surface area contributed by atoms with Crippen molar-refractivity contribution in [2.75, 3.05) is 12.4 Å². The maximum atomic E-state index is 12.6. The molecule has 0 spiro atoms. The fourth-order valence-electron chi connectivity index (χ4n) is 3.58. The summed E-state index contributed by atoms with van der Waals surface area (Å²) in [6.45, 7) is 1.68. The Balaban J connectivity index is 1.90. The molecule has 1 fully saturated rings. The third-order valence-corrected chi connectivity index (χ3v) is 5.70. The first-order valence-corrected chi connectivity index (χ1v) is 10.1. The largest absolute Gasteiger partial charge is 0.493 e. The van der Waals surface area contributed by atoms with Crippen LogP contribution in [0.2, 0.25) is 10.0 Å². The summed E-state index contributed by atoms with van der Waals surface area (Å²) in [5, 5.41) is 4.54. The van der Waals surface area contributed by atoms with E-state index in [0.717, 1.165) is 25.7 Å². The minimum atomic E-state index is -0.481. The molecule has 8 heteroatoms. The van der Waals surface area contributed by atoms with E-state index in [1.807, 2.05) is 6.07 Å². The summed E-state index contributed by atoms with van der Waals surface area (Å²) >= 11 is 12.5. The molecule has 2 aromatic heterocycles. The number of ether oxygens (including phenoxy) is 2. The number of anilines is 2. The highest BCUT2D eigenvalue weighted by Crippen LogP contribution is 2.42. The van der Waals surface area contributed by atoms with Crippen LogP contribution in [0.4, 0.5) is 11.4 Å². The van der Waals surface area contributed by atoms with E-state index in [0.29, 0.717) is 49.5 Å². The highest BCUT2D eigenvalue weighted by Gasteiger charge is 2.24. The van der Waals surface area contributed by atoms with Crippen LogP contribution < -0.4 is 20.4 Å². The minimum absolute atomic E-state index is 0.0709. The predicted molar refractivity (Wildman–Crippen MR) is 114 cm³/mol. The quantitative estimate of drug-likeness (QED) is 0.505. The molecule has 1 N–H and O–H groups in total. The van der Waals surface area contributed by atoms with Gasteiger partial charge in [0, 0.05) is 17.8 Å². The highest BCUT2D eigenvalue weighted by molar-refractivity contribution is 6.39. The zero-order valence-electron chi connectivity index (χ0n) is 16.1. The van der Waals surface area contributed by atoms with Crippen molar-refractivity contribution in [1.82, 2.24) is 4.98 Å². The lowest BCUT2D eigenvalue weighted by atomic mass is 10.1. The number of fused-ring (bicyclic) bond motifs is 1. The monoisotopic (exact) mass is 434 g/mol. The van der Waals surface area contributed by atoms with Gasteiger partial charge in [-0.2, -0.15) is 0 Å². The molecule has 152 valence electrons. The molecule has 0 saturated heterocycles. The smallest absolute Gasteiger partial charge is 0.341 e. The van der Waals surface area contributed by atoms with Crippen LogP contribution in [-0.2, 0) is 0 Å². The summed E-state index contributed by atoms with van der Waals surface area (Å²) in [4.78, 5) is 16.6. The van der Waals surface area contributed by atoms with E-state index < -0.39 is 5.63 Å². The first-order chi connectivity index (χ1) is 14.0. The van der Waals surface area contributed by atoms with Crippen molar-refractivity contribution in [2.45, 2.75) is 38.7 Å². The van der Waals surface area contributed by atoms with Crippen molar-refractivity contribution in [3.63, 3.8) is 0 Å². The van der Waals surface area contributed by atoms with Gasteiger partial charge in [0.2, 0.25) is 5.75 Å². The Morgan fingerprint density at radius 3 is 2.48 bits per heavy atom. The van der Waals surface area contributed by atoms with Crippen LogP contribution in [0, 0.1) is 6.92 Å². The molecule has 0 aliphatic heterocycles. The Kier molecular flexibility index (Phi) is 5.56. The number of pyridine rings is 1. The normalized spacial score (nSPS) is 14.3. The maximum absolute atomic E-state index is 12.6. The van der Waals surface area contributed by atoms with E-state index in [4.69, 9.17) is 37.1 Å². The Labute approximate surface area is 177 Å². The molecule has 0 unspecified atom stereocenters. The van der Waals surface area contributed by atoms with Crippen LogP contribution in [0.3, 0.4) is 0 Å². The van der Waals surface area contributed by atoms with Gasteiger partial charge >= 0.3 is 5.63 Å². The molecule has 2 heterocycles. The number of nitrogens with zero attached hydrogens (tertiary/aromatic N) is 1. The summed E-state index contributed by atoms with van der Waals surface area (Å²) in [5.41, 5.74) is 1.26. The van der Waals surface area contributed by atoms with E-state index in [9.17, 15) is 4.79 Å². The van der Waals surface area contributed by atoms with Crippen LogP contribution in [0.15, 0.2) is 33.7 Å². The van der Waals surface area contributed by atoms with Crippen LogP contribution in [0.25, 0.3) is 11.0 Å². The number of nitrogens with one attached hydrogen (secondary N) is 1. The van der Waals surface area contributed by atoms with Crippen LogP contribution in [0.1, 0.15) is 31.2 Å². The molecular formula is C21H20Cl2N2O4. The molecule has 3 aromatic rings. The van der Waals surface area contributed by atoms with Crippen molar-refractivity contribution in [3.05, 3.63) is 50.6 Å². The fraction of sp³-hybridized carbons (Fsp3) is 0.333. The van der Waals surface area contributed by atoms with Crippen molar-refractivity contribution >= 4 is 45.5 Å². The van der Waals surface area contributed by atoms with E-state index >= 15 is 0 Å². The van der Waals surface area contributed by atoms with Gasteiger partial charge in [0.25, 0.3) is 0 Å². The molecule has 0 radical (unpaired) electrons. The number of aromatic nitrogens is 1. The van der Waals surface area contributed by atoms with Crippen molar-refractivity contribution in [3.8, 4) is 11.5 Å². The molecule has 0 amide bonds. The van der Waals surface area contributed by atoms with Crippen molar-refractivity contribution in [2.24, 2.45) is 0 Å². The van der Waals surface area contributed by atoms with Gasteiger partial charge in [-0.15, -0.1) is 0 Å². The van der Waals surface area contributed by atoms with Gasteiger partial charge in [0.05, 0.1) is 40.2 Å². The summed E-state index contributed by atoms with van der Waals surface area (Å²) in [7, 11) is 1.56. The molecule has 4 rings (SSSR count). The van der Waals surface area contributed by atoms with Gasteiger partial charge in [0.15, 0.2) is 11.3 Å².